The van der Waals surface area contributed by atoms with Gasteiger partial charge in [0.25, 0.3) is 6.43 Å². The lowest BCUT2D eigenvalue weighted by atomic mass is 10.3. The van der Waals surface area contributed by atoms with Gasteiger partial charge in [0.2, 0.25) is 10.0 Å². The van der Waals surface area contributed by atoms with Crippen LogP contribution < -0.4 is 10.5 Å². The second kappa shape index (κ2) is 7.13. The Hall–Kier alpha value is -0.770. The number of halogens is 3. The van der Waals surface area contributed by atoms with Gasteiger partial charge in [-0.2, -0.15) is 0 Å². The molecule has 0 fully saturated rings. The van der Waals surface area contributed by atoms with E-state index in [4.69, 9.17) is 5.73 Å². The number of ether oxygens (including phenoxy) is 1. The van der Waals surface area contributed by atoms with Crippen molar-refractivity contribution in [3.8, 4) is 0 Å². The van der Waals surface area contributed by atoms with E-state index in [1.165, 1.54) is 18.2 Å². The number of hydrogen-bond acceptors (Lipinski definition) is 4. The number of anilines is 1. The summed E-state index contributed by atoms with van der Waals surface area (Å²) in [6.45, 7) is -0.937. The van der Waals surface area contributed by atoms with Gasteiger partial charge in [0.1, 0.15) is 6.61 Å². The Bertz CT molecular complexity index is 526. The Morgan fingerprint density at radius 3 is 2.68 bits per heavy atom. The topological polar surface area (TPSA) is 81.4 Å². The predicted molar refractivity (Wildman–Crippen MR) is 70.6 cm³/mol. The van der Waals surface area contributed by atoms with E-state index in [0.29, 0.717) is 4.47 Å². The molecule has 0 aliphatic rings. The van der Waals surface area contributed by atoms with Crippen LogP contribution in [0.25, 0.3) is 0 Å². The van der Waals surface area contributed by atoms with E-state index < -0.39 is 23.1 Å². The Labute approximate surface area is 118 Å². The third-order valence-electron chi connectivity index (χ3n) is 2.06. The van der Waals surface area contributed by atoms with E-state index in [-0.39, 0.29) is 23.7 Å². The van der Waals surface area contributed by atoms with Gasteiger partial charge in [0, 0.05) is 16.7 Å². The van der Waals surface area contributed by atoms with E-state index in [0.717, 1.165) is 0 Å². The molecule has 5 nitrogen and oxygen atoms in total. The van der Waals surface area contributed by atoms with Crippen LogP contribution in [0.3, 0.4) is 0 Å². The van der Waals surface area contributed by atoms with Gasteiger partial charge in [-0.3, -0.25) is 0 Å². The van der Waals surface area contributed by atoms with Gasteiger partial charge in [-0.15, -0.1) is 0 Å². The van der Waals surface area contributed by atoms with E-state index >= 15 is 0 Å². The predicted octanol–water partition coefficient (Wildman–Crippen LogP) is 1.59. The van der Waals surface area contributed by atoms with Crippen LogP contribution in [0, 0.1) is 0 Å². The summed E-state index contributed by atoms with van der Waals surface area (Å²) in [6, 6.07) is 4.19. The van der Waals surface area contributed by atoms with Crippen LogP contribution in [-0.2, 0) is 14.8 Å². The molecule has 19 heavy (non-hydrogen) atoms. The first-order valence-corrected chi connectivity index (χ1v) is 7.51. The number of hydrogen-bond donors (Lipinski definition) is 2. The fourth-order valence-electron chi connectivity index (χ4n) is 1.19. The molecule has 0 spiro atoms. The zero-order valence-corrected chi connectivity index (χ0v) is 12.2. The third kappa shape index (κ3) is 5.39. The van der Waals surface area contributed by atoms with Gasteiger partial charge in [-0.05, 0) is 34.1 Å². The van der Waals surface area contributed by atoms with Gasteiger partial charge in [-0.1, -0.05) is 0 Å². The van der Waals surface area contributed by atoms with E-state index in [1.54, 1.807) is 0 Å². The molecular formula is C10H13BrF2N2O3S. The van der Waals surface area contributed by atoms with Crippen molar-refractivity contribution in [2.75, 3.05) is 25.5 Å². The Morgan fingerprint density at radius 2 is 2.11 bits per heavy atom. The van der Waals surface area contributed by atoms with Gasteiger partial charge < -0.3 is 10.5 Å². The largest absolute Gasteiger partial charge is 0.398 e. The molecule has 108 valence electrons. The number of nitrogen functional groups attached to an aromatic ring is 1. The highest BCUT2D eigenvalue weighted by Crippen LogP contribution is 2.22. The molecule has 0 radical (unpaired) electrons. The Morgan fingerprint density at radius 1 is 1.42 bits per heavy atom. The van der Waals surface area contributed by atoms with E-state index in [9.17, 15) is 17.2 Å². The number of nitrogens with two attached hydrogens (primary N) is 1. The van der Waals surface area contributed by atoms with Crippen LogP contribution in [0.5, 0.6) is 0 Å². The number of alkyl halides is 2. The van der Waals surface area contributed by atoms with Crippen molar-refractivity contribution in [2.24, 2.45) is 0 Å². The van der Waals surface area contributed by atoms with E-state index in [1.807, 2.05) is 0 Å². The summed E-state index contributed by atoms with van der Waals surface area (Å²) in [5, 5.41) is 0. The molecule has 1 aromatic rings. The SMILES string of the molecule is Nc1cc(S(=O)(=O)NCCOCC(F)F)ccc1Br. The summed E-state index contributed by atoms with van der Waals surface area (Å²) < 4.78 is 54.5. The lowest BCUT2D eigenvalue weighted by molar-refractivity contribution is 0.0199. The van der Waals surface area contributed by atoms with Gasteiger partial charge in [0.05, 0.1) is 11.5 Å². The highest BCUT2D eigenvalue weighted by atomic mass is 79.9. The maximum absolute atomic E-state index is 11.8. The second-order valence-electron chi connectivity index (χ2n) is 3.55. The number of nitrogens with one attached hydrogen (secondary N) is 1. The summed E-state index contributed by atoms with van der Waals surface area (Å²) in [6.07, 6.45) is -2.57. The van der Waals surface area contributed by atoms with Gasteiger partial charge in [0.15, 0.2) is 0 Å². The molecule has 1 rings (SSSR count). The molecule has 9 heteroatoms. The van der Waals surface area contributed by atoms with Crippen LogP contribution in [0.15, 0.2) is 27.6 Å². The minimum absolute atomic E-state index is 0.00191. The summed E-state index contributed by atoms with van der Waals surface area (Å²) in [4.78, 5) is 0.00191. The number of benzene rings is 1. The smallest absolute Gasteiger partial charge is 0.261 e. The first kappa shape index (κ1) is 16.3. The van der Waals surface area contributed by atoms with Crippen molar-refractivity contribution < 1.29 is 21.9 Å². The van der Waals surface area contributed by atoms with Crippen molar-refractivity contribution in [1.29, 1.82) is 0 Å². The molecule has 0 unspecified atom stereocenters. The van der Waals surface area contributed by atoms with E-state index in [2.05, 4.69) is 25.4 Å². The van der Waals surface area contributed by atoms with Gasteiger partial charge >= 0.3 is 0 Å². The fourth-order valence-corrected chi connectivity index (χ4v) is 2.49. The molecule has 0 aliphatic heterocycles. The fraction of sp³-hybridized carbons (Fsp3) is 0.400. The molecule has 0 saturated heterocycles. The second-order valence-corrected chi connectivity index (χ2v) is 6.17. The highest BCUT2D eigenvalue weighted by molar-refractivity contribution is 9.10. The van der Waals surface area contributed by atoms with Crippen molar-refractivity contribution in [3.63, 3.8) is 0 Å². The average molecular weight is 359 g/mol. The molecule has 0 aliphatic carbocycles. The summed E-state index contributed by atoms with van der Waals surface area (Å²) in [5.74, 6) is 0. The van der Waals surface area contributed by atoms with Crippen LogP contribution in [0.1, 0.15) is 0 Å². The lowest BCUT2D eigenvalue weighted by Gasteiger charge is -2.08. The number of sulfonamides is 1. The molecule has 0 bridgehead atoms. The van der Waals surface area contributed by atoms with Crippen molar-refractivity contribution in [1.82, 2.24) is 4.72 Å². The molecule has 0 atom stereocenters. The standard InChI is InChI=1S/C10H13BrF2N2O3S/c11-8-2-1-7(5-9(8)14)19(16,17)15-3-4-18-6-10(12)13/h1-2,5,10,15H,3-4,6,14H2. The zero-order chi connectivity index (χ0) is 14.5. The van der Waals surface area contributed by atoms with Crippen LogP contribution in [0.2, 0.25) is 0 Å². The molecule has 0 heterocycles. The summed E-state index contributed by atoms with van der Waals surface area (Å²) in [7, 11) is -3.72. The molecule has 0 amide bonds. The maximum Gasteiger partial charge on any atom is 0.261 e. The van der Waals surface area contributed by atoms with Crippen LogP contribution in [-0.4, -0.2) is 34.6 Å². The zero-order valence-electron chi connectivity index (χ0n) is 9.77. The normalized spacial score (nSPS) is 12.0. The average Bonchev–Trinajstić information content (AvgIpc) is 2.31. The molecule has 0 aromatic heterocycles. The monoisotopic (exact) mass is 358 g/mol. The summed E-state index contributed by atoms with van der Waals surface area (Å²) in [5.41, 5.74) is 5.87. The summed E-state index contributed by atoms with van der Waals surface area (Å²) >= 11 is 3.15. The molecular weight excluding hydrogens is 346 g/mol. The quantitative estimate of drug-likeness (QED) is 0.572. The highest BCUT2D eigenvalue weighted by Gasteiger charge is 2.14. The molecule has 3 N–H and O–H groups in total. The maximum atomic E-state index is 11.8. The molecule has 1 aromatic carbocycles. The Kier molecular flexibility index (Phi) is 6.11. The Balaban J connectivity index is 2.54. The first-order chi connectivity index (χ1) is 8.83. The van der Waals surface area contributed by atoms with Crippen LogP contribution >= 0.6 is 15.9 Å². The number of rotatable bonds is 7. The molecule has 0 saturated carbocycles. The van der Waals surface area contributed by atoms with Crippen molar-refractivity contribution in [2.45, 2.75) is 11.3 Å². The van der Waals surface area contributed by atoms with Crippen molar-refractivity contribution >= 4 is 31.6 Å². The minimum atomic E-state index is -3.72. The minimum Gasteiger partial charge on any atom is -0.398 e. The third-order valence-corrected chi connectivity index (χ3v) is 4.24. The first-order valence-electron chi connectivity index (χ1n) is 5.23. The van der Waals surface area contributed by atoms with Crippen LogP contribution in [0.4, 0.5) is 14.5 Å². The van der Waals surface area contributed by atoms with Crippen molar-refractivity contribution in [3.05, 3.63) is 22.7 Å². The van der Waals surface area contributed by atoms with Gasteiger partial charge in [-0.25, -0.2) is 21.9 Å². The lowest BCUT2D eigenvalue weighted by Crippen LogP contribution is -2.28.